The molecular formula is C15H23BrN2. The first-order chi connectivity index (χ1) is 8.65. The zero-order chi connectivity index (χ0) is 13.0. The van der Waals surface area contributed by atoms with E-state index in [2.05, 4.69) is 46.1 Å². The monoisotopic (exact) mass is 310 g/mol. The van der Waals surface area contributed by atoms with Crippen molar-refractivity contribution in [2.24, 2.45) is 11.8 Å². The number of pyridine rings is 1. The van der Waals surface area contributed by atoms with Crippen molar-refractivity contribution >= 4 is 21.7 Å². The molecule has 1 fully saturated rings. The van der Waals surface area contributed by atoms with Crippen molar-refractivity contribution in [1.82, 2.24) is 4.98 Å². The van der Waals surface area contributed by atoms with E-state index in [1.165, 1.54) is 37.7 Å². The Morgan fingerprint density at radius 1 is 1.33 bits per heavy atom. The Morgan fingerprint density at radius 3 is 2.72 bits per heavy atom. The van der Waals surface area contributed by atoms with Crippen molar-refractivity contribution in [3.05, 3.63) is 22.3 Å². The summed E-state index contributed by atoms with van der Waals surface area (Å²) in [6.45, 7) is 5.47. The summed E-state index contributed by atoms with van der Waals surface area (Å²) < 4.78 is 1.07. The van der Waals surface area contributed by atoms with E-state index in [1.807, 2.05) is 6.20 Å². The second-order valence-corrected chi connectivity index (χ2v) is 6.54. The van der Waals surface area contributed by atoms with Crippen LogP contribution in [0.2, 0.25) is 0 Å². The second kappa shape index (κ2) is 6.55. The Kier molecular flexibility index (Phi) is 5.04. The molecule has 0 aromatic carbocycles. The fraction of sp³-hybridized carbons (Fsp3) is 0.667. The van der Waals surface area contributed by atoms with Crippen LogP contribution in [0.15, 0.2) is 16.7 Å². The van der Waals surface area contributed by atoms with Crippen molar-refractivity contribution in [3.63, 3.8) is 0 Å². The molecule has 2 rings (SSSR count). The molecule has 2 nitrogen and oxygen atoms in total. The smallest absolute Gasteiger partial charge is 0.140 e. The number of hydrogen-bond donors (Lipinski definition) is 1. The van der Waals surface area contributed by atoms with Gasteiger partial charge in [0.05, 0.1) is 4.47 Å². The summed E-state index contributed by atoms with van der Waals surface area (Å²) in [6.07, 6.45) is 8.83. The maximum absolute atomic E-state index is 4.41. The fourth-order valence-corrected chi connectivity index (χ4v) is 3.28. The molecule has 1 aliphatic carbocycles. The summed E-state index contributed by atoms with van der Waals surface area (Å²) >= 11 is 3.56. The highest BCUT2D eigenvalue weighted by molar-refractivity contribution is 9.10. The number of anilines is 1. The molecule has 1 aromatic heterocycles. The average molecular weight is 311 g/mol. The fourth-order valence-electron chi connectivity index (χ4n) is 2.68. The third-order valence-corrected chi connectivity index (χ3v) is 4.56. The van der Waals surface area contributed by atoms with Gasteiger partial charge in [-0.1, -0.05) is 32.6 Å². The highest BCUT2D eigenvalue weighted by Crippen LogP contribution is 2.30. The number of aryl methyl sites for hydroxylation is 1. The number of nitrogens with zero attached hydrogens (tertiary/aromatic N) is 1. The highest BCUT2D eigenvalue weighted by atomic mass is 79.9. The summed E-state index contributed by atoms with van der Waals surface area (Å²) in [5.74, 6) is 2.84. The van der Waals surface area contributed by atoms with Gasteiger partial charge in [0.15, 0.2) is 0 Å². The quantitative estimate of drug-likeness (QED) is 0.865. The largest absolute Gasteiger partial charge is 0.369 e. The third kappa shape index (κ3) is 3.98. The van der Waals surface area contributed by atoms with Crippen LogP contribution in [0.5, 0.6) is 0 Å². The molecule has 0 saturated heterocycles. The van der Waals surface area contributed by atoms with Gasteiger partial charge in [0.25, 0.3) is 0 Å². The van der Waals surface area contributed by atoms with Gasteiger partial charge in [-0.3, -0.25) is 0 Å². The second-order valence-electron chi connectivity index (χ2n) is 5.68. The van der Waals surface area contributed by atoms with Crippen molar-refractivity contribution < 1.29 is 0 Å². The van der Waals surface area contributed by atoms with E-state index < -0.39 is 0 Å². The molecule has 1 heterocycles. The molecule has 0 spiro atoms. The molecule has 1 aliphatic rings. The molecule has 0 atom stereocenters. The first kappa shape index (κ1) is 13.9. The first-order valence-electron chi connectivity index (χ1n) is 7.01. The number of halogens is 1. The Bertz CT molecular complexity index is 384. The van der Waals surface area contributed by atoms with E-state index in [9.17, 15) is 0 Å². The van der Waals surface area contributed by atoms with E-state index in [-0.39, 0.29) is 0 Å². The van der Waals surface area contributed by atoms with Crippen molar-refractivity contribution in [3.8, 4) is 0 Å². The van der Waals surface area contributed by atoms with E-state index in [4.69, 9.17) is 0 Å². The maximum Gasteiger partial charge on any atom is 0.140 e. The molecular weight excluding hydrogens is 288 g/mol. The summed E-state index contributed by atoms with van der Waals surface area (Å²) in [7, 11) is 0. The van der Waals surface area contributed by atoms with Gasteiger partial charge in [-0.2, -0.15) is 0 Å². The molecule has 1 N–H and O–H groups in total. The zero-order valence-corrected chi connectivity index (χ0v) is 13.0. The Balaban J connectivity index is 1.75. The Labute approximate surface area is 119 Å². The van der Waals surface area contributed by atoms with Crippen LogP contribution in [0.3, 0.4) is 0 Å². The Morgan fingerprint density at radius 2 is 2.06 bits per heavy atom. The lowest BCUT2D eigenvalue weighted by Gasteiger charge is -2.26. The Hall–Kier alpha value is -0.570. The third-order valence-electron chi connectivity index (χ3n) is 3.96. The van der Waals surface area contributed by atoms with E-state index in [0.29, 0.717) is 0 Å². The molecule has 0 bridgehead atoms. The number of hydrogen-bond acceptors (Lipinski definition) is 2. The average Bonchev–Trinajstić information content (AvgIpc) is 2.34. The van der Waals surface area contributed by atoms with Crippen LogP contribution >= 0.6 is 15.9 Å². The van der Waals surface area contributed by atoms with Crippen LogP contribution in [0.1, 0.15) is 44.6 Å². The molecule has 1 aromatic rings. The molecule has 0 aliphatic heterocycles. The maximum atomic E-state index is 4.41. The van der Waals surface area contributed by atoms with Crippen LogP contribution in [-0.2, 0) is 0 Å². The summed E-state index contributed by atoms with van der Waals surface area (Å²) in [4.78, 5) is 4.41. The molecule has 18 heavy (non-hydrogen) atoms. The van der Waals surface area contributed by atoms with E-state index >= 15 is 0 Å². The van der Waals surface area contributed by atoms with Crippen LogP contribution < -0.4 is 5.32 Å². The van der Waals surface area contributed by atoms with Gasteiger partial charge in [0.1, 0.15) is 5.82 Å². The summed E-state index contributed by atoms with van der Waals surface area (Å²) in [5.41, 5.74) is 1.19. The van der Waals surface area contributed by atoms with Gasteiger partial charge in [-0.25, -0.2) is 4.98 Å². The minimum absolute atomic E-state index is 0.915. The number of rotatable bonds is 4. The van der Waals surface area contributed by atoms with Gasteiger partial charge in [0, 0.05) is 12.7 Å². The predicted molar refractivity (Wildman–Crippen MR) is 80.9 cm³/mol. The number of nitrogens with one attached hydrogen (secondary N) is 1. The zero-order valence-electron chi connectivity index (χ0n) is 11.4. The van der Waals surface area contributed by atoms with Gasteiger partial charge in [-0.15, -0.1) is 0 Å². The molecule has 0 unspecified atom stereocenters. The van der Waals surface area contributed by atoms with E-state index in [0.717, 1.165) is 28.7 Å². The van der Waals surface area contributed by atoms with Crippen LogP contribution in [0.4, 0.5) is 5.82 Å². The van der Waals surface area contributed by atoms with Crippen LogP contribution in [-0.4, -0.2) is 11.5 Å². The molecule has 0 amide bonds. The lowest BCUT2D eigenvalue weighted by atomic mass is 9.81. The SMILES string of the molecule is Cc1cnc(NCCC2CCC(C)CC2)c(Br)c1. The topological polar surface area (TPSA) is 24.9 Å². The van der Waals surface area contributed by atoms with Crippen molar-refractivity contribution in [2.75, 3.05) is 11.9 Å². The number of aromatic nitrogens is 1. The normalized spacial score (nSPS) is 23.9. The molecule has 100 valence electrons. The van der Waals surface area contributed by atoms with Gasteiger partial charge < -0.3 is 5.32 Å². The van der Waals surface area contributed by atoms with E-state index in [1.54, 1.807) is 0 Å². The van der Waals surface area contributed by atoms with Crippen LogP contribution in [0, 0.1) is 18.8 Å². The van der Waals surface area contributed by atoms with Gasteiger partial charge in [-0.05, 0) is 52.7 Å². The van der Waals surface area contributed by atoms with Gasteiger partial charge in [0.2, 0.25) is 0 Å². The standard InChI is InChI=1S/C15H23BrN2/c1-11-3-5-13(6-4-11)7-8-17-15-14(16)9-12(2)10-18-15/h9-11,13H,3-8H2,1-2H3,(H,17,18). The molecule has 1 saturated carbocycles. The van der Waals surface area contributed by atoms with Crippen molar-refractivity contribution in [2.45, 2.75) is 46.0 Å². The lowest BCUT2D eigenvalue weighted by molar-refractivity contribution is 0.282. The predicted octanol–water partition coefficient (Wildman–Crippen LogP) is 4.78. The van der Waals surface area contributed by atoms with Crippen molar-refractivity contribution in [1.29, 1.82) is 0 Å². The lowest BCUT2D eigenvalue weighted by Crippen LogP contribution is -2.16. The summed E-state index contributed by atoms with van der Waals surface area (Å²) in [6, 6.07) is 2.11. The highest BCUT2D eigenvalue weighted by Gasteiger charge is 2.17. The van der Waals surface area contributed by atoms with Crippen LogP contribution in [0.25, 0.3) is 0 Å². The first-order valence-corrected chi connectivity index (χ1v) is 7.80. The van der Waals surface area contributed by atoms with Gasteiger partial charge >= 0.3 is 0 Å². The molecule has 0 radical (unpaired) electrons. The minimum Gasteiger partial charge on any atom is -0.369 e. The summed E-state index contributed by atoms with van der Waals surface area (Å²) in [5, 5.41) is 3.44. The molecule has 3 heteroatoms. The minimum atomic E-state index is 0.915.